The van der Waals surface area contributed by atoms with Gasteiger partial charge in [0.05, 0.1) is 5.56 Å². The minimum Gasteiger partial charge on any atom is -0.368 e. The van der Waals surface area contributed by atoms with Crippen LogP contribution < -0.4 is 4.90 Å². The first-order valence-electron chi connectivity index (χ1n) is 8.18. The number of aromatic nitrogens is 1. The molecule has 0 unspecified atom stereocenters. The molecule has 0 aliphatic carbocycles. The number of piperazine rings is 1. The van der Waals surface area contributed by atoms with Gasteiger partial charge in [-0.05, 0) is 36.4 Å². The number of carbonyl (C=O) groups is 1. The molecule has 0 radical (unpaired) electrons. The normalized spacial score (nSPS) is 15.0. The van der Waals surface area contributed by atoms with Gasteiger partial charge in [0.1, 0.15) is 5.82 Å². The molecule has 1 saturated heterocycles. The van der Waals surface area contributed by atoms with Crippen molar-refractivity contribution in [2.45, 2.75) is 0 Å². The highest BCUT2D eigenvalue weighted by Crippen LogP contribution is 2.24. The molecule has 1 aliphatic heterocycles. The fourth-order valence-electron chi connectivity index (χ4n) is 3.27. The van der Waals surface area contributed by atoms with Crippen molar-refractivity contribution in [3.63, 3.8) is 0 Å². The van der Waals surface area contributed by atoms with Gasteiger partial charge in [0.2, 0.25) is 0 Å². The molecule has 2 heterocycles. The van der Waals surface area contributed by atoms with Gasteiger partial charge in [0, 0.05) is 54.0 Å². The standard InChI is InChI=1S/C19H17ClFN3O/c20-13-1-6-16-17(12-22-18(16)11-13)19(25)24-9-7-23(8-10-24)15-4-2-14(21)3-5-15/h1-6,11-12,22H,7-10H2. The van der Waals surface area contributed by atoms with Crippen LogP contribution in [0.4, 0.5) is 10.1 Å². The van der Waals surface area contributed by atoms with Crippen LogP contribution in [0.5, 0.6) is 0 Å². The smallest absolute Gasteiger partial charge is 0.256 e. The number of carbonyl (C=O) groups excluding carboxylic acids is 1. The predicted molar refractivity (Wildman–Crippen MR) is 97.8 cm³/mol. The number of nitrogens with zero attached hydrogens (tertiary/aromatic N) is 2. The van der Waals surface area contributed by atoms with E-state index in [1.165, 1.54) is 12.1 Å². The average molecular weight is 358 g/mol. The number of anilines is 1. The van der Waals surface area contributed by atoms with Crippen molar-refractivity contribution in [2.75, 3.05) is 31.1 Å². The zero-order chi connectivity index (χ0) is 17.4. The van der Waals surface area contributed by atoms with Crippen LogP contribution in [0.2, 0.25) is 5.02 Å². The molecule has 1 fully saturated rings. The number of fused-ring (bicyclic) bond motifs is 1. The van der Waals surface area contributed by atoms with Crippen LogP contribution in [0.3, 0.4) is 0 Å². The molecule has 1 N–H and O–H groups in total. The minimum absolute atomic E-state index is 0.0207. The summed E-state index contributed by atoms with van der Waals surface area (Å²) in [6.45, 7) is 2.73. The number of hydrogen-bond acceptors (Lipinski definition) is 2. The van der Waals surface area contributed by atoms with Crippen molar-refractivity contribution in [1.82, 2.24) is 9.88 Å². The molecule has 0 bridgehead atoms. The summed E-state index contributed by atoms with van der Waals surface area (Å²) in [5.41, 5.74) is 2.51. The highest BCUT2D eigenvalue weighted by Gasteiger charge is 2.24. The molecule has 3 aromatic rings. The summed E-state index contributed by atoms with van der Waals surface area (Å²) in [7, 11) is 0. The second-order valence-electron chi connectivity index (χ2n) is 6.15. The molecular formula is C19H17ClFN3O. The molecule has 25 heavy (non-hydrogen) atoms. The maximum atomic E-state index is 13.0. The van der Waals surface area contributed by atoms with Gasteiger partial charge in [-0.15, -0.1) is 0 Å². The Labute approximate surface area is 149 Å². The quantitative estimate of drug-likeness (QED) is 0.755. The Morgan fingerprint density at radius 1 is 1.04 bits per heavy atom. The third-order valence-electron chi connectivity index (χ3n) is 4.63. The largest absolute Gasteiger partial charge is 0.368 e. The lowest BCUT2D eigenvalue weighted by Crippen LogP contribution is -2.48. The second-order valence-corrected chi connectivity index (χ2v) is 6.58. The lowest BCUT2D eigenvalue weighted by atomic mass is 10.1. The van der Waals surface area contributed by atoms with Crippen molar-refractivity contribution in [3.8, 4) is 0 Å². The molecule has 4 rings (SSSR count). The molecular weight excluding hydrogens is 341 g/mol. The van der Waals surface area contributed by atoms with Gasteiger partial charge in [0.25, 0.3) is 5.91 Å². The fourth-order valence-corrected chi connectivity index (χ4v) is 3.44. The third-order valence-corrected chi connectivity index (χ3v) is 4.87. The molecule has 1 amide bonds. The van der Waals surface area contributed by atoms with Crippen molar-refractivity contribution in [1.29, 1.82) is 0 Å². The first-order chi connectivity index (χ1) is 12.1. The molecule has 0 spiro atoms. The molecule has 4 nitrogen and oxygen atoms in total. The van der Waals surface area contributed by atoms with E-state index < -0.39 is 0 Å². The Kier molecular flexibility index (Phi) is 4.09. The number of nitrogens with one attached hydrogen (secondary N) is 1. The molecule has 128 valence electrons. The number of H-pyrrole nitrogens is 1. The van der Waals surface area contributed by atoms with Crippen LogP contribution >= 0.6 is 11.6 Å². The molecule has 0 saturated carbocycles. The summed E-state index contributed by atoms with van der Waals surface area (Å²) in [4.78, 5) is 20.0. The lowest BCUT2D eigenvalue weighted by molar-refractivity contribution is 0.0749. The van der Waals surface area contributed by atoms with Crippen molar-refractivity contribution < 1.29 is 9.18 Å². The first kappa shape index (κ1) is 16.0. The molecule has 1 aliphatic rings. The molecule has 0 atom stereocenters. The summed E-state index contributed by atoms with van der Waals surface area (Å²) in [5.74, 6) is -0.218. The van der Waals surface area contributed by atoms with E-state index in [0.717, 1.165) is 29.7 Å². The predicted octanol–water partition coefficient (Wildman–Crippen LogP) is 3.92. The zero-order valence-corrected chi connectivity index (χ0v) is 14.3. The highest BCUT2D eigenvalue weighted by atomic mass is 35.5. The minimum atomic E-state index is -0.239. The number of rotatable bonds is 2. The number of halogens is 2. The Morgan fingerprint density at radius 3 is 2.48 bits per heavy atom. The zero-order valence-electron chi connectivity index (χ0n) is 13.5. The van der Waals surface area contributed by atoms with Gasteiger partial charge in [-0.2, -0.15) is 0 Å². The van der Waals surface area contributed by atoms with E-state index in [4.69, 9.17) is 11.6 Å². The van der Waals surface area contributed by atoms with E-state index in [2.05, 4.69) is 9.88 Å². The van der Waals surface area contributed by atoms with Crippen molar-refractivity contribution >= 4 is 34.1 Å². The van der Waals surface area contributed by atoms with Crippen LogP contribution in [-0.4, -0.2) is 42.0 Å². The lowest BCUT2D eigenvalue weighted by Gasteiger charge is -2.36. The first-order valence-corrected chi connectivity index (χ1v) is 8.56. The summed E-state index contributed by atoms with van der Waals surface area (Å²) >= 11 is 6.00. The second kappa shape index (κ2) is 6.41. The van der Waals surface area contributed by atoms with Crippen molar-refractivity contribution in [2.24, 2.45) is 0 Å². The van der Waals surface area contributed by atoms with Crippen LogP contribution in [0.15, 0.2) is 48.7 Å². The molecule has 1 aromatic heterocycles. The topological polar surface area (TPSA) is 39.3 Å². The van der Waals surface area contributed by atoms with E-state index in [1.54, 1.807) is 24.4 Å². The van der Waals surface area contributed by atoms with Crippen LogP contribution in [-0.2, 0) is 0 Å². The number of aromatic amines is 1. The molecule has 2 aromatic carbocycles. The van der Waals surface area contributed by atoms with Gasteiger partial charge >= 0.3 is 0 Å². The number of hydrogen-bond donors (Lipinski definition) is 1. The van der Waals surface area contributed by atoms with Gasteiger partial charge in [-0.25, -0.2) is 4.39 Å². The Bertz CT molecular complexity index is 914. The Hall–Kier alpha value is -2.53. The van der Waals surface area contributed by atoms with Crippen molar-refractivity contribution in [3.05, 3.63) is 65.1 Å². The number of amides is 1. The summed E-state index contributed by atoms with van der Waals surface area (Å²) < 4.78 is 13.0. The maximum Gasteiger partial charge on any atom is 0.256 e. The van der Waals surface area contributed by atoms with Gasteiger partial charge in [-0.3, -0.25) is 4.79 Å². The fraction of sp³-hybridized carbons (Fsp3) is 0.211. The van der Waals surface area contributed by atoms with Gasteiger partial charge in [0.15, 0.2) is 0 Å². The summed E-state index contributed by atoms with van der Waals surface area (Å²) in [6.07, 6.45) is 1.75. The maximum absolute atomic E-state index is 13.0. The average Bonchev–Trinajstić information content (AvgIpc) is 3.05. The van der Waals surface area contributed by atoms with Crippen LogP contribution in [0.25, 0.3) is 10.9 Å². The third kappa shape index (κ3) is 3.07. The monoisotopic (exact) mass is 357 g/mol. The van der Waals surface area contributed by atoms with Crippen LogP contribution in [0.1, 0.15) is 10.4 Å². The van der Waals surface area contributed by atoms with E-state index in [0.29, 0.717) is 23.7 Å². The van der Waals surface area contributed by atoms with Gasteiger partial charge in [-0.1, -0.05) is 17.7 Å². The van der Waals surface area contributed by atoms with E-state index in [-0.39, 0.29) is 11.7 Å². The van der Waals surface area contributed by atoms with E-state index in [1.807, 2.05) is 17.0 Å². The highest BCUT2D eigenvalue weighted by molar-refractivity contribution is 6.31. The van der Waals surface area contributed by atoms with E-state index in [9.17, 15) is 9.18 Å². The van der Waals surface area contributed by atoms with E-state index >= 15 is 0 Å². The van der Waals surface area contributed by atoms with Gasteiger partial charge < -0.3 is 14.8 Å². The Morgan fingerprint density at radius 2 is 1.76 bits per heavy atom. The summed E-state index contributed by atoms with van der Waals surface area (Å²) in [6, 6.07) is 12.0. The van der Waals surface area contributed by atoms with Crippen LogP contribution in [0, 0.1) is 5.82 Å². The SMILES string of the molecule is O=C(c1c[nH]c2cc(Cl)ccc12)N1CCN(c2ccc(F)cc2)CC1. The number of benzene rings is 2. The summed E-state index contributed by atoms with van der Waals surface area (Å²) in [5, 5.41) is 1.52. The Balaban J connectivity index is 1.48. The molecule has 6 heteroatoms.